The minimum Gasteiger partial charge on any atom is -0.360 e. The molecule has 1 saturated carbocycles. The zero-order chi connectivity index (χ0) is 15.1. The van der Waals surface area contributed by atoms with Gasteiger partial charge in [-0.1, -0.05) is 24.4 Å². The van der Waals surface area contributed by atoms with Gasteiger partial charge in [-0.15, -0.1) is 0 Å². The molecule has 7 heteroatoms. The molecule has 0 bridgehead atoms. The molecule has 7 nitrogen and oxygen atoms in total. The van der Waals surface area contributed by atoms with E-state index in [9.17, 15) is 9.59 Å². The van der Waals surface area contributed by atoms with Crippen LogP contribution in [0.2, 0.25) is 0 Å². The molecule has 2 rings (SSSR count). The maximum Gasteiger partial charge on any atom is 0.315 e. The van der Waals surface area contributed by atoms with Crippen LogP contribution in [-0.2, 0) is 4.79 Å². The summed E-state index contributed by atoms with van der Waals surface area (Å²) in [5, 5.41) is 11.9. The summed E-state index contributed by atoms with van der Waals surface area (Å²) in [4.78, 5) is 23.3. The van der Waals surface area contributed by atoms with Crippen molar-refractivity contribution in [3.63, 3.8) is 0 Å². The van der Waals surface area contributed by atoms with E-state index in [1.807, 2.05) is 0 Å². The van der Waals surface area contributed by atoms with Gasteiger partial charge in [-0.25, -0.2) is 4.79 Å². The van der Waals surface area contributed by atoms with Crippen molar-refractivity contribution < 1.29 is 14.1 Å². The fraction of sp³-hybridized carbons (Fsp3) is 0.643. The molecule has 21 heavy (non-hydrogen) atoms. The third-order valence-corrected chi connectivity index (χ3v) is 3.47. The Morgan fingerprint density at radius 1 is 1.33 bits per heavy atom. The first-order valence-electron chi connectivity index (χ1n) is 7.41. The standard InChI is InChI=1S/C14H22N4O3/c1-10-9-12(18-21-10)17-13(19)7-8-15-14(20)16-11-5-3-2-4-6-11/h9,11H,2-8H2,1H3,(H2,15,16,20)(H,17,18,19). The first-order valence-corrected chi connectivity index (χ1v) is 7.41. The van der Waals surface area contributed by atoms with Crippen molar-refractivity contribution in [3.05, 3.63) is 11.8 Å². The summed E-state index contributed by atoms with van der Waals surface area (Å²) in [6, 6.07) is 1.71. The van der Waals surface area contributed by atoms with Crippen LogP contribution in [0.25, 0.3) is 0 Å². The fourth-order valence-corrected chi connectivity index (χ4v) is 2.40. The Labute approximate surface area is 123 Å². The second kappa shape index (κ2) is 7.66. The van der Waals surface area contributed by atoms with Gasteiger partial charge in [0.2, 0.25) is 5.91 Å². The Morgan fingerprint density at radius 3 is 2.76 bits per heavy atom. The van der Waals surface area contributed by atoms with E-state index >= 15 is 0 Å². The molecule has 1 aromatic heterocycles. The van der Waals surface area contributed by atoms with Gasteiger partial charge in [0.15, 0.2) is 5.82 Å². The molecule has 3 amide bonds. The number of amides is 3. The molecular weight excluding hydrogens is 272 g/mol. The number of aryl methyl sites for hydroxylation is 1. The number of urea groups is 1. The number of anilines is 1. The molecule has 3 N–H and O–H groups in total. The first kappa shape index (κ1) is 15.3. The quantitative estimate of drug-likeness (QED) is 0.773. The van der Waals surface area contributed by atoms with Crippen LogP contribution >= 0.6 is 0 Å². The smallest absolute Gasteiger partial charge is 0.315 e. The highest BCUT2D eigenvalue weighted by Crippen LogP contribution is 2.17. The number of nitrogens with zero attached hydrogens (tertiary/aromatic N) is 1. The van der Waals surface area contributed by atoms with E-state index in [4.69, 9.17) is 4.52 Å². The molecule has 0 spiro atoms. The summed E-state index contributed by atoms with van der Waals surface area (Å²) >= 11 is 0. The Morgan fingerprint density at radius 2 is 2.10 bits per heavy atom. The van der Waals surface area contributed by atoms with Crippen molar-refractivity contribution in [2.75, 3.05) is 11.9 Å². The maximum absolute atomic E-state index is 11.7. The molecule has 1 aliphatic carbocycles. The van der Waals surface area contributed by atoms with E-state index in [0.29, 0.717) is 18.1 Å². The van der Waals surface area contributed by atoms with Crippen molar-refractivity contribution in [1.29, 1.82) is 0 Å². The van der Waals surface area contributed by atoms with Crippen molar-refractivity contribution in [2.24, 2.45) is 0 Å². The predicted molar refractivity (Wildman–Crippen MR) is 77.9 cm³/mol. The highest BCUT2D eigenvalue weighted by molar-refractivity contribution is 5.90. The molecule has 1 aromatic rings. The zero-order valence-electron chi connectivity index (χ0n) is 12.3. The van der Waals surface area contributed by atoms with E-state index in [-0.39, 0.29) is 24.4 Å². The van der Waals surface area contributed by atoms with Crippen LogP contribution in [0.5, 0.6) is 0 Å². The number of hydrogen-bond acceptors (Lipinski definition) is 4. The maximum atomic E-state index is 11.7. The number of carbonyl (C=O) groups excluding carboxylic acids is 2. The van der Waals surface area contributed by atoms with E-state index in [1.165, 1.54) is 19.3 Å². The molecule has 0 saturated heterocycles. The average molecular weight is 294 g/mol. The van der Waals surface area contributed by atoms with E-state index < -0.39 is 0 Å². The van der Waals surface area contributed by atoms with Gasteiger partial charge >= 0.3 is 6.03 Å². The number of carbonyl (C=O) groups is 2. The van der Waals surface area contributed by atoms with Crippen molar-refractivity contribution in [1.82, 2.24) is 15.8 Å². The van der Waals surface area contributed by atoms with Crippen LogP contribution in [0.1, 0.15) is 44.3 Å². The molecule has 0 radical (unpaired) electrons. The lowest BCUT2D eigenvalue weighted by Crippen LogP contribution is -2.43. The Kier molecular flexibility index (Phi) is 5.59. The number of aromatic nitrogens is 1. The largest absolute Gasteiger partial charge is 0.360 e. The normalized spacial score (nSPS) is 15.5. The van der Waals surface area contributed by atoms with Crippen LogP contribution in [-0.4, -0.2) is 29.7 Å². The van der Waals surface area contributed by atoms with E-state index in [0.717, 1.165) is 12.8 Å². The first-order chi connectivity index (χ1) is 10.1. The lowest BCUT2D eigenvalue weighted by atomic mass is 9.96. The lowest BCUT2D eigenvalue weighted by molar-refractivity contribution is -0.116. The van der Waals surface area contributed by atoms with Crippen LogP contribution in [0.15, 0.2) is 10.6 Å². The van der Waals surface area contributed by atoms with Crippen LogP contribution < -0.4 is 16.0 Å². The van der Waals surface area contributed by atoms with E-state index in [2.05, 4.69) is 21.1 Å². The fourth-order valence-electron chi connectivity index (χ4n) is 2.40. The molecule has 1 heterocycles. The SMILES string of the molecule is Cc1cc(NC(=O)CCNC(=O)NC2CCCCC2)no1. The lowest BCUT2D eigenvalue weighted by Gasteiger charge is -2.22. The third kappa shape index (κ3) is 5.45. The predicted octanol–water partition coefficient (Wildman–Crippen LogP) is 1.94. The topological polar surface area (TPSA) is 96.3 Å². The van der Waals surface area contributed by atoms with Gasteiger partial charge in [-0.05, 0) is 19.8 Å². The Bertz CT molecular complexity index is 480. The second-order valence-corrected chi connectivity index (χ2v) is 5.36. The molecule has 1 fully saturated rings. The number of hydrogen-bond donors (Lipinski definition) is 3. The third-order valence-electron chi connectivity index (χ3n) is 3.47. The molecule has 0 atom stereocenters. The summed E-state index contributed by atoms with van der Waals surface area (Å²) in [5.74, 6) is 0.820. The summed E-state index contributed by atoms with van der Waals surface area (Å²) < 4.78 is 4.85. The van der Waals surface area contributed by atoms with Crippen LogP contribution in [0.4, 0.5) is 10.6 Å². The zero-order valence-corrected chi connectivity index (χ0v) is 12.3. The Hall–Kier alpha value is -2.05. The summed E-state index contributed by atoms with van der Waals surface area (Å²) in [6.45, 7) is 2.04. The summed E-state index contributed by atoms with van der Waals surface area (Å²) in [7, 11) is 0. The van der Waals surface area contributed by atoms with Gasteiger partial charge in [0.25, 0.3) is 0 Å². The van der Waals surface area contributed by atoms with Gasteiger partial charge < -0.3 is 20.5 Å². The number of rotatable bonds is 5. The molecule has 0 aliphatic heterocycles. The molecule has 0 unspecified atom stereocenters. The van der Waals surface area contributed by atoms with E-state index in [1.54, 1.807) is 13.0 Å². The van der Waals surface area contributed by atoms with Crippen LogP contribution in [0, 0.1) is 6.92 Å². The van der Waals surface area contributed by atoms with Gasteiger partial charge in [0.1, 0.15) is 5.76 Å². The molecule has 1 aliphatic rings. The Balaban J connectivity index is 1.59. The van der Waals surface area contributed by atoms with Gasteiger partial charge in [0, 0.05) is 25.1 Å². The van der Waals surface area contributed by atoms with Crippen molar-refractivity contribution in [3.8, 4) is 0 Å². The van der Waals surface area contributed by atoms with Crippen LogP contribution in [0.3, 0.4) is 0 Å². The highest BCUT2D eigenvalue weighted by Gasteiger charge is 2.15. The monoisotopic (exact) mass is 294 g/mol. The van der Waals surface area contributed by atoms with Crippen molar-refractivity contribution in [2.45, 2.75) is 51.5 Å². The highest BCUT2D eigenvalue weighted by atomic mass is 16.5. The minimum atomic E-state index is -0.207. The average Bonchev–Trinajstić information content (AvgIpc) is 2.85. The van der Waals surface area contributed by atoms with Gasteiger partial charge in [-0.3, -0.25) is 4.79 Å². The summed E-state index contributed by atoms with van der Waals surface area (Å²) in [5.41, 5.74) is 0. The molecule has 0 aromatic carbocycles. The summed E-state index contributed by atoms with van der Waals surface area (Å²) in [6.07, 6.45) is 5.87. The second-order valence-electron chi connectivity index (χ2n) is 5.36. The molecule has 116 valence electrons. The minimum absolute atomic E-state index is 0.198. The van der Waals surface area contributed by atoms with Gasteiger partial charge in [-0.2, -0.15) is 0 Å². The van der Waals surface area contributed by atoms with Gasteiger partial charge in [0.05, 0.1) is 0 Å². The molecular formula is C14H22N4O3. The number of nitrogens with one attached hydrogen (secondary N) is 3. The van der Waals surface area contributed by atoms with Crippen molar-refractivity contribution >= 4 is 17.8 Å².